The highest BCUT2D eigenvalue weighted by molar-refractivity contribution is 7.13. The summed E-state index contributed by atoms with van der Waals surface area (Å²) in [5.74, 6) is -1.86. The first-order valence-corrected chi connectivity index (χ1v) is 16.1. The van der Waals surface area contributed by atoms with Gasteiger partial charge < -0.3 is 20.6 Å². The van der Waals surface area contributed by atoms with Gasteiger partial charge in [0, 0.05) is 50.4 Å². The minimum absolute atomic E-state index is 0.0175. The SMILES string of the molecule is CCc1cccc(CNC[C@@H](O)[C@H](Cc2cc(F)cc(F)c2)NC(=O)c2cc(-c3ccccc3)cc(-c3nccs3)c2N(C)C)c1. The van der Waals surface area contributed by atoms with Gasteiger partial charge in [0.2, 0.25) is 0 Å². The van der Waals surface area contributed by atoms with E-state index in [0.717, 1.165) is 39.7 Å². The number of nitrogens with zero attached hydrogens (tertiary/aromatic N) is 2. The third-order valence-electron chi connectivity index (χ3n) is 7.81. The van der Waals surface area contributed by atoms with Gasteiger partial charge in [-0.15, -0.1) is 11.3 Å². The van der Waals surface area contributed by atoms with Gasteiger partial charge in [0.25, 0.3) is 5.91 Å². The van der Waals surface area contributed by atoms with Gasteiger partial charge in [-0.05, 0) is 64.9 Å². The van der Waals surface area contributed by atoms with Crippen molar-refractivity contribution in [3.8, 4) is 21.7 Å². The number of aliphatic hydroxyl groups excluding tert-OH is 1. The maximum absolute atomic E-state index is 14.2. The molecular formula is C37H38F2N4O2S. The minimum Gasteiger partial charge on any atom is -0.390 e. The molecule has 0 bridgehead atoms. The first-order chi connectivity index (χ1) is 22.2. The van der Waals surface area contributed by atoms with Gasteiger partial charge in [0.15, 0.2) is 0 Å². The van der Waals surface area contributed by atoms with Crippen molar-refractivity contribution in [3.05, 3.63) is 130 Å². The van der Waals surface area contributed by atoms with Crippen molar-refractivity contribution in [2.75, 3.05) is 25.5 Å². The van der Waals surface area contributed by atoms with E-state index in [0.29, 0.717) is 23.4 Å². The Morgan fingerprint density at radius 1 is 0.913 bits per heavy atom. The third kappa shape index (κ3) is 8.23. The second-order valence-corrected chi connectivity index (χ2v) is 12.3. The van der Waals surface area contributed by atoms with Crippen LogP contribution in [0.1, 0.15) is 34.0 Å². The van der Waals surface area contributed by atoms with E-state index in [1.807, 2.05) is 79.0 Å². The Balaban J connectivity index is 1.48. The molecule has 6 nitrogen and oxygen atoms in total. The molecule has 4 aromatic carbocycles. The summed E-state index contributed by atoms with van der Waals surface area (Å²) in [6, 6.07) is 24.2. The summed E-state index contributed by atoms with van der Waals surface area (Å²) in [6.45, 7) is 2.76. The van der Waals surface area contributed by atoms with Crippen molar-refractivity contribution in [1.82, 2.24) is 15.6 Å². The van der Waals surface area contributed by atoms with E-state index in [2.05, 4.69) is 34.7 Å². The van der Waals surface area contributed by atoms with Crippen LogP contribution in [0.2, 0.25) is 0 Å². The fraction of sp³-hybridized carbons (Fsp3) is 0.243. The average Bonchev–Trinajstić information content (AvgIpc) is 3.59. The minimum atomic E-state index is -1.07. The standard InChI is InChI=1S/C37H38F2N4O2S/c1-4-24-9-8-10-25(15-24)22-40-23-34(44)33(18-26-16-29(38)21-30(39)17-26)42-36(45)31-19-28(27-11-6-5-7-12-27)20-32(35(31)43(2)3)37-41-13-14-46-37/h5-17,19-21,33-34,40,44H,4,18,22-23H2,1-3H3,(H,42,45)/t33-,34+/m0/s1. The molecule has 46 heavy (non-hydrogen) atoms. The summed E-state index contributed by atoms with van der Waals surface area (Å²) in [7, 11) is 3.73. The molecular weight excluding hydrogens is 602 g/mol. The molecule has 1 heterocycles. The van der Waals surface area contributed by atoms with Crippen LogP contribution in [0.25, 0.3) is 21.7 Å². The molecule has 238 valence electrons. The Labute approximate surface area is 272 Å². The maximum Gasteiger partial charge on any atom is 0.253 e. The summed E-state index contributed by atoms with van der Waals surface area (Å²) in [5.41, 5.74) is 6.24. The quantitative estimate of drug-likeness (QED) is 0.131. The fourth-order valence-corrected chi connectivity index (χ4v) is 6.24. The van der Waals surface area contributed by atoms with Gasteiger partial charge in [-0.25, -0.2) is 13.8 Å². The number of amides is 1. The topological polar surface area (TPSA) is 77.5 Å². The Kier molecular flexibility index (Phi) is 10.9. The Morgan fingerprint density at radius 2 is 1.65 bits per heavy atom. The molecule has 0 aliphatic heterocycles. The van der Waals surface area contributed by atoms with E-state index < -0.39 is 29.7 Å². The molecule has 0 aliphatic carbocycles. The Bertz CT molecular complexity index is 1740. The van der Waals surface area contributed by atoms with Gasteiger partial charge in [0.1, 0.15) is 16.6 Å². The molecule has 1 amide bonds. The fourth-order valence-electron chi connectivity index (χ4n) is 5.58. The number of aromatic nitrogens is 1. The molecule has 0 radical (unpaired) electrons. The van der Waals surface area contributed by atoms with E-state index in [9.17, 15) is 18.7 Å². The smallest absolute Gasteiger partial charge is 0.253 e. The molecule has 1 aromatic heterocycles. The van der Waals surface area contributed by atoms with Crippen molar-refractivity contribution in [1.29, 1.82) is 0 Å². The second-order valence-electron chi connectivity index (χ2n) is 11.5. The van der Waals surface area contributed by atoms with E-state index in [4.69, 9.17) is 0 Å². The van der Waals surface area contributed by atoms with E-state index in [1.54, 1.807) is 6.20 Å². The summed E-state index contributed by atoms with van der Waals surface area (Å²) < 4.78 is 28.3. The second kappa shape index (κ2) is 15.2. The van der Waals surface area contributed by atoms with Crippen LogP contribution in [0, 0.1) is 11.6 Å². The zero-order chi connectivity index (χ0) is 32.6. The molecule has 0 unspecified atom stereocenters. The van der Waals surface area contributed by atoms with E-state index in [-0.39, 0.29) is 13.0 Å². The highest BCUT2D eigenvalue weighted by Crippen LogP contribution is 2.38. The summed E-state index contributed by atoms with van der Waals surface area (Å²) in [4.78, 5) is 20.7. The van der Waals surface area contributed by atoms with Crippen LogP contribution in [0.4, 0.5) is 14.5 Å². The van der Waals surface area contributed by atoms with Crippen LogP contribution in [-0.4, -0.2) is 48.8 Å². The van der Waals surface area contributed by atoms with Crippen LogP contribution < -0.4 is 15.5 Å². The van der Waals surface area contributed by atoms with Crippen molar-refractivity contribution in [2.24, 2.45) is 0 Å². The number of carbonyl (C=O) groups is 1. The number of halogens is 2. The number of aryl methyl sites for hydroxylation is 1. The van der Waals surface area contributed by atoms with Crippen molar-refractivity contribution < 1.29 is 18.7 Å². The summed E-state index contributed by atoms with van der Waals surface area (Å²) >= 11 is 1.48. The number of thiazole rings is 1. The van der Waals surface area contributed by atoms with Crippen LogP contribution in [0.3, 0.4) is 0 Å². The Morgan fingerprint density at radius 3 is 2.33 bits per heavy atom. The normalized spacial score (nSPS) is 12.5. The number of rotatable bonds is 13. The third-order valence-corrected chi connectivity index (χ3v) is 8.62. The number of aliphatic hydroxyl groups is 1. The summed E-state index contributed by atoms with van der Waals surface area (Å²) in [5, 5.41) is 20.4. The van der Waals surface area contributed by atoms with Gasteiger partial charge >= 0.3 is 0 Å². The lowest BCUT2D eigenvalue weighted by atomic mass is 9.95. The number of hydrogen-bond acceptors (Lipinski definition) is 6. The van der Waals surface area contributed by atoms with Crippen molar-refractivity contribution >= 4 is 22.9 Å². The predicted molar refractivity (Wildman–Crippen MR) is 182 cm³/mol. The summed E-state index contributed by atoms with van der Waals surface area (Å²) in [6.07, 6.45) is 1.59. The van der Waals surface area contributed by atoms with E-state index in [1.165, 1.54) is 29.0 Å². The predicted octanol–water partition coefficient (Wildman–Crippen LogP) is 6.88. The van der Waals surface area contributed by atoms with Crippen molar-refractivity contribution in [2.45, 2.75) is 38.5 Å². The van der Waals surface area contributed by atoms with Gasteiger partial charge in [-0.3, -0.25) is 4.79 Å². The zero-order valence-corrected chi connectivity index (χ0v) is 27.0. The molecule has 0 saturated carbocycles. The first-order valence-electron chi connectivity index (χ1n) is 15.2. The maximum atomic E-state index is 14.2. The van der Waals surface area contributed by atoms with Crippen LogP contribution in [-0.2, 0) is 19.4 Å². The Hall–Kier alpha value is -4.44. The number of carbonyl (C=O) groups excluding carboxylic acids is 1. The van der Waals surface area contributed by atoms with Gasteiger partial charge in [-0.1, -0.05) is 61.5 Å². The van der Waals surface area contributed by atoms with Crippen LogP contribution in [0.15, 0.2) is 96.5 Å². The van der Waals surface area contributed by atoms with Crippen LogP contribution in [0.5, 0.6) is 0 Å². The number of hydrogen-bond donors (Lipinski definition) is 3. The highest BCUT2D eigenvalue weighted by Gasteiger charge is 2.27. The molecule has 0 fully saturated rings. The largest absolute Gasteiger partial charge is 0.390 e. The van der Waals surface area contributed by atoms with Crippen molar-refractivity contribution in [3.63, 3.8) is 0 Å². The van der Waals surface area contributed by atoms with Gasteiger partial charge in [0.05, 0.1) is 23.4 Å². The molecule has 9 heteroatoms. The monoisotopic (exact) mass is 640 g/mol. The molecule has 0 saturated heterocycles. The van der Waals surface area contributed by atoms with Gasteiger partial charge in [-0.2, -0.15) is 0 Å². The molecule has 5 rings (SSSR count). The van der Waals surface area contributed by atoms with Crippen LogP contribution >= 0.6 is 11.3 Å². The molecule has 0 spiro atoms. The molecule has 0 aliphatic rings. The highest BCUT2D eigenvalue weighted by atomic mass is 32.1. The zero-order valence-electron chi connectivity index (χ0n) is 26.1. The molecule has 2 atom stereocenters. The number of nitrogens with one attached hydrogen (secondary N) is 2. The lowest BCUT2D eigenvalue weighted by molar-refractivity contribution is 0.0830. The lowest BCUT2D eigenvalue weighted by Gasteiger charge is -2.27. The molecule has 5 aromatic rings. The lowest BCUT2D eigenvalue weighted by Crippen LogP contribution is -2.49. The average molecular weight is 641 g/mol. The van der Waals surface area contributed by atoms with E-state index >= 15 is 0 Å². The molecule has 3 N–H and O–H groups in total. The number of anilines is 1. The number of benzene rings is 4. The first kappa shape index (κ1) is 32.9.